The summed E-state index contributed by atoms with van der Waals surface area (Å²) in [5.41, 5.74) is 5.72. The second-order valence-corrected chi connectivity index (χ2v) is 5.87. The van der Waals surface area contributed by atoms with Gasteiger partial charge in [-0.1, -0.05) is 12.1 Å². The first-order chi connectivity index (χ1) is 12.0. The molecule has 0 aliphatic carbocycles. The minimum Gasteiger partial charge on any atom is -0.496 e. The van der Waals surface area contributed by atoms with Crippen LogP contribution in [-0.4, -0.2) is 44.8 Å². The number of nitrogens with two attached hydrogens (primary N) is 1. The number of hydrogen-bond acceptors (Lipinski definition) is 5. The molecular formula is C18H20N2O5. The molecule has 1 unspecified atom stereocenters. The predicted octanol–water partition coefficient (Wildman–Crippen LogP) is 1.23. The van der Waals surface area contributed by atoms with E-state index in [1.165, 1.54) is 14.2 Å². The molecule has 0 spiro atoms. The largest absolute Gasteiger partial charge is 0.496 e. The maximum absolute atomic E-state index is 11.7. The molecule has 2 aromatic carbocycles. The van der Waals surface area contributed by atoms with Crippen molar-refractivity contribution < 1.29 is 23.8 Å². The summed E-state index contributed by atoms with van der Waals surface area (Å²) in [6, 6.07) is 8.83. The molecule has 1 heterocycles. The Hall–Kier alpha value is -2.80. The molecule has 1 fully saturated rings. The normalized spacial score (nSPS) is 19.7. The van der Waals surface area contributed by atoms with Crippen molar-refractivity contribution in [2.75, 3.05) is 20.8 Å². The summed E-state index contributed by atoms with van der Waals surface area (Å²) in [6.45, 7) is 0.324. The Bertz CT molecular complexity index is 820. The Morgan fingerprint density at radius 1 is 1.28 bits per heavy atom. The molecule has 3 N–H and O–H groups in total. The maximum Gasteiger partial charge on any atom is 0.252 e. The molecule has 7 nitrogen and oxygen atoms in total. The molecule has 1 aliphatic rings. The van der Waals surface area contributed by atoms with Crippen molar-refractivity contribution in [3.63, 3.8) is 0 Å². The second kappa shape index (κ2) is 6.98. The van der Waals surface area contributed by atoms with Gasteiger partial charge in [0.25, 0.3) is 5.91 Å². The van der Waals surface area contributed by atoms with Crippen molar-refractivity contribution in [2.45, 2.75) is 18.6 Å². The Kier molecular flexibility index (Phi) is 4.76. The van der Waals surface area contributed by atoms with Crippen molar-refractivity contribution in [3.05, 3.63) is 35.9 Å². The van der Waals surface area contributed by atoms with Crippen LogP contribution in [0.25, 0.3) is 10.8 Å². The van der Waals surface area contributed by atoms with Crippen LogP contribution >= 0.6 is 0 Å². The van der Waals surface area contributed by atoms with Crippen LogP contribution in [0.3, 0.4) is 0 Å². The van der Waals surface area contributed by atoms with E-state index in [0.29, 0.717) is 30.1 Å². The first-order valence-electron chi connectivity index (χ1n) is 7.90. The zero-order valence-electron chi connectivity index (χ0n) is 14.1. The highest BCUT2D eigenvalue weighted by Gasteiger charge is 2.32. The third kappa shape index (κ3) is 3.36. The van der Waals surface area contributed by atoms with Crippen LogP contribution in [0, 0.1) is 0 Å². The highest BCUT2D eigenvalue weighted by molar-refractivity contribution is 6.02. The van der Waals surface area contributed by atoms with Gasteiger partial charge in [-0.25, -0.2) is 0 Å². The van der Waals surface area contributed by atoms with Crippen LogP contribution in [0.2, 0.25) is 0 Å². The van der Waals surface area contributed by atoms with Gasteiger partial charge in [0.15, 0.2) is 0 Å². The molecule has 0 saturated carbocycles. The van der Waals surface area contributed by atoms with Crippen LogP contribution in [0.4, 0.5) is 0 Å². The summed E-state index contributed by atoms with van der Waals surface area (Å²) < 4.78 is 16.3. The van der Waals surface area contributed by atoms with Crippen molar-refractivity contribution in [2.24, 2.45) is 5.73 Å². The van der Waals surface area contributed by atoms with Crippen LogP contribution in [0.5, 0.6) is 11.5 Å². The summed E-state index contributed by atoms with van der Waals surface area (Å²) in [7, 11) is 3.00. The monoisotopic (exact) mass is 344 g/mol. The average molecular weight is 344 g/mol. The minimum absolute atomic E-state index is 0.112. The highest BCUT2D eigenvalue weighted by atomic mass is 16.5. The molecule has 132 valence electrons. The van der Waals surface area contributed by atoms with Crippen molar-refractivity contribution in [3.8, 4) is 11.5 Å². The maximum atomic E-state index is 11.7. The molecule has 7 heteroatoms. The number of carbonyl (C=O) groups excluding carboxylic acids is 2. The Morgan fingerprint density at radius 2 is 2.08 bits per heavy atom. The topological polar surface area (TPSA) is 99.9 Å². The van der Waals surface area contributed by atoms with Gasteiger partial charge in [0.2, 0.25) is 5.91 Å². The van der Waals surface area contributed by atoms with E-state index in [9.17, 15) is 9.59 Å². The number of nitrogens with one attached hydrogen (secondary N) is 1. The standard InChI is InChI=1S/C18H20N2O5/c1-23-15-8-12-10(6-13(15)17(19)21)4-3-5-14(12)25-9-11-7-16(24-2)18(22)20-11/h3-6,8,11,16H,7,9H2,1-2H3,(H2,19,21)(H,20,22)/t11?,16-/m1/s1. The van der Waals surface area contributed by atoms with E-state index in [1.807, 2.05) is 18.2 Å². The summed E-state index contributed by atoms with van der Waals surface area (Å²) in [4.78, 5) is 23.2. The minimum atomic E-state index is -0.552. The predicted molar refractivity (Wildman–Crippen MR) is 91.9 cm³/mol. The third-order valence-electron chi connectivity index (χ3n) is 4.29. The number of ether oxygens (including phenoxy) is 3. The molecule has 2 atom stereocenters. The van der Waals surface area contributed by atoms with Gasteiger partial charge >= 0.3 is 0 Å². The van der Waals surface area contributed by atoms with Gasteiger partial charge in [0.1, 0.15) is 24.2 Å². The summed E-state index contributed by atoms with van der Waals surface area (Å²) in [6.07, 6.45) is 0.134. The van der Waals surface area contributed by atoms with Gasteiger partial charge in [-0.2, -0.15) is 0 Å². The number of hydrogen-bond donors (Lipinski definition) is 2. The van der Waals surface area contributed by atoms with Gasteiger partial charge in [-0.3, -0.25) is 9.59 Å². The smallest absolute Gasteiger partial charge is 0.252 e. The molecule has 2 amide bonds. The Balaban J connectivity index is 1.84. The lowest BCUT2D eigenvalue weighted by Gasteiger charge is -2.15. The number of benzene rings is 2. The van der Waals surface area contributed by atoms with Crippen LogP contribution in [-0.2, 0) is 9.53 Å². The Labute approximate surface area is 145 Å². The molecule has 1 saturated heterocycles. The van der Waals surface area contributed by atoms with Crippen molar-refractivity contribution in [1.29, 1.82) is 0 Å². The van der Waals surface area contributed by atoms with Gasteiger partial charge in [0, 0.05) is 18.9 Å². The first kappa shape index (κ1) is 17.0. The van der Waals surface area contributed by atoms with Gasteiger partial charge in [-0.05, 0) is 23.6 Å². The fraction of sp³-hybridized carbons (Fsp3) is 0.333. The van der Waals surface area contributed by atoms with Crippen LogP contribution < -0.4 is 20.5 Å². The fourth-order valence-corrected chi connectivity index (χ4v) is 2.99. The molecule has 3 rings (SSSR count). The molecule has 25 heavy (non-hydrogen) atoms. The molecular weight excluding hydrogens is 324 g/mol. The van der Waals surface area contributed by atoms with Crippen molar-refractivity contribution >= 4 is 22.6 Å². The van der Waals surface area contributed by atoms with Gasteiger partial charge < -0.3 is 25.3 Å². The fourth-order valence-electron chi connectivity index (χ4n) is 2.99. The van der Waals surface area contributed by atoms with E-state index < -0.39 is 12.0 Å². The zero-order chi connectivity index (χ0) is 18.0. The zero-order valence-corrected chi connectivity index (χ0v) is 14.1. The first-order valence-corrected chi connectivity index (χ1v) is 7.90. The highest BCUT2D eigenvalue weighted by Crippen LogP contribution is 2.32. The summed E-state index contributed by atoms with van der Waals surface area (Å²) in [5.74, 6) is 0.359. The summed E-state index contributed by atoms with van der Waals surface area (Å²) >= 11 is 0. The third-order valence-corrected chi connectivity index (χ3v) is 4.29. The molecule has 0 radical (unpaired) electrons. The summed E-state index contributed by atoms with van der Waals surface area (Å²) in [5, 5.41) is 4.46. The molecule has 0 bridgehead atoms. The van der Waals surface area contributed by atoms with E-state index in [2.05, 4.69) is 5.32 Å². The quantitative estimate of drug-likeness (QED) is 0.821. The van der Waals surface area contributed by atoms with E-state index >= 15 is 0 Å². The van der Waals surface area contributed by atoms with Crippen molar-refractivity contribution in [1.82, 2.24) is 5.32 Å². The lowest BCUT2D eigenvalue weighted by molar-refractivity contribution is -0.127. The van der Waals surface area contributed by atoms with E-state index in [-0.39, 0.29) is 11.9 Å². The van der Waals surface area contributed by atoms with E-state index in [1.54, 1.807) is 12.1 Å². The van der Waals surface area contributed by atoms with Gasteiger partial charge in [0.05, 0.1) is 18.7 Å². The second-order valence-electron chi connectivity index (χ2n) is 5.87. The van der Waals surface area contributed by atoms with Crippen LogP contribution in [0.1, 0.15) is 16.8 Å². The molecule has 2 aromatic rings. The SMILES string of the molecule is COc1cc2c(OCC3C[C@@H](OC)C(=O)N3)cccc2cc1C(N)=O. The number of carbonyl (C=O) groups is 2. The van der Waals surface area contributed by atoms with Crippen LogP contribution in [0.15, 0.2) is 30.3 Å². The average Bonchev–Trinajstić information content (AvgIpc) is 2.98. The van der Waals surface area contributed by atoms with E-state index in [4.69, 9.17) is 19.9 Å². The Morgan fingerprint density at radius 3 is 2.72 bits per heavy atom. The number of amides is 2. The number of methoxy groups -OCH3 is 2. The van der Waals surface area contributed by atoms with Gasteiger partial charge in [-0.15, -0.1) is 0 Å². The van der Waals surface area contributed by atoms with E-state index in [0.717, 1.165) is 10.8 Å². The number of rotatable bonds is 6. The number of primary amides is 1. The molecule has 1 aliphatic heterocycles. The lowest BCUT2D eigenvalue weighted by Crippen LogP contribution is -2.31. The molecule has 0 aromatic heterocycles. The number of fused-ring (bicyclic) bond motifs is 1. The lowest BCUT2D eigenvalue weighted by atomic mass is 10.0.